The Morgan fingerprint density at radius 2 is 1.02 bits per heavy atom. The molecule has 3 heteroatoms. The molecule has 3 nitrogen and oxygen atoms in total. The van der Waals surface area contributed by atoms with Crippen LogP contribution >= 0.6 is 0 Å². The van der Waals surface area contributed by atoms with Gasteiger partial charge in [0.15, 0.2) is 0 Å². The van der Waals surface area contributed by atoms with Gasteiger partial charge in [0.25, 0.3) is 0 Å². The maximum Gasteiger partial charge on any atom is 0.136 e. The molecular weight excluding hydrogens is 528 g/mol. The van der Waals surface area contributed by atoms with E-state index in [1.165, 1.54) is 0 Å². The quantitative estimate of drug-likeness (QED) is 0.235. The number of hydrogen-bond donors (Lipinski definition) is 1. The van der Waals surface area contributed by atoms with Gasteiger partial charge in [-0.05, 0) is 64.8 Å². The standard InChI is InChI=1S/C40H42O3/c1-10-19-42-37-27-34(17-15-32-22-30(12-3)24-36(26-32)40(7,8)9)38(43-20-13-18-41)28-33(37)16-14-31-21-29(11-2)23-35(25-31)39(4,5)6/h2-3,21-28,41H,10,13,18-20H2,1,4-9H3. The highest BCUT2D eigenvalue weighted by Crippen LogP contribution is 2.30. The highest BCUT2D eigenvalue weighted by Gasteiger charge is 2.16. The lowest BCUT2D eigenvalue weighted by atomic mass is 9.85. The van der Waals surface area contributed by atoms with Gasteiger partial charge in [0, 0.05) is 47.4 Å². The number of terminal acetylenes is 2. The van der Waals surface area contributed by atoms with Crippen molar-refractivity contribution in [1.82, 2.24) is 0 Å². The predicted molar refractivity (Wildman–Crippen MR) is 178 cm³/mol. The predicted octanol–water partition coefficient (Wildman–Crippen LogP) is 7.59. The summed E-state index contributed by atoms with van der Waals surface area (Å²) in [5.74, 6) is 19.9. The highest BCUT2D eigenvalue weighted by molar-refractivity contribution is 5.61. The Hall–Kier alpha value is -4.54. The zero-order valence-corrected chi connectivity index (χ0v) is 26.6. The zero-order chi connectivity index (χ0) is 31.6. The van der Waals surface area contributed by atoms with Crippen LogP contribution in [0, 0.1) is 48.4 Å². The monoisotopic (exact) mass is 570 g/mol. The molecule has 0 atom stereocenters. The summed E-state index contributed by atoms with van der Waals surface area (Å²) in [5.41, 5.74) is 6.69. The summed E-state index contributed by atoms with van der Waals surface area (Å²) in [6, 6.07) is 15.8. The maximum absolute atomic E-state index is 9.35. The van der Waals surface area contributed by atoms with Crippen molar-refractivity contribution in [2.75, 3.05) is 19.8 Å². The number of benzene rings is 3. The van der Waals surface area contributed by atoms with Crippen LogP contribution in [0.5, 0.6) is 11.5 Å². The second kappa shape index (κ2) is 14.6. The average molecular weight is 571 g/mol. The minimum absolute atomic E-state index is 0.0292. The lowest BCUT2D eigenvalue weighted by Crippen LogP contribution is -2.11. The lowest BCUT2D eigenvalue weighted by molar-refractivity contribution is 0.233. The van der Waals surface area contributed by atoms with Crippen LogP contribution in [0.1, 0.15) is 106 Å². The van der Waals surface area contributed by atoms with Gasteiger partial charge in [0.05, 0.1) is 24.3 Å². The minimum Gasteiger partial charge on any atom is -0.492 e. The molecule has 220 valence electrons. The summed E-state index contributed by atoms with van der Waals surface area (Å²) in [4.78, 5) is 0. The van der Waals surface area contributed by atoms with Gasteiger partial charge in [0.1, 0.15) is 11.5 Å². The number of ether oxygens (including phenoxy) is 2. The van der Waals surface area contributed by atoms with Crippen LogP contribution in [-0.4, -0.2) is 24.9 Å². The third-order valence-electron chi connectivity index (χ3n) is 6.72. The Kier molecular flexibility index (Phi) is 11.2. The van der Waals surface area contributed by atoms with Crippen molar-refractivity contribution in [2.24, 2.45) is 0 Å². The van der Waals surface area contributed by atoms with Crippen LogP contribution in [0.25, 0.3) is 0 Å². The molecule has 0 aliphatic rings. The molecule has 0 heterocycles. The van der Waals surface area contributed by atoms with E-state index in [9.17, 15) is 5.11 Å². The topological polar surface area (TPSA) is 38.7 Å². The van der Waals surface area contributed by atoms with Crippen LogP contribution in [0.4, 0.5) is 0 Å². The van der Waals surface area contributed by atoms with Crippen LogP contribution in [-0.2, 0) is 10.8 Å². The summed E-state index contributed by atoms with van der Waals surface area (Å²) in [5, 5.41) is 9.35. The molecule has 0 aliphatic heterocycles. The Labute approximate surface area is 259 Å². The molecule has 3 aromatic rings. The van der Waals surface area contributed by atoms with Crippen LogP contribution in [0.2, 0.25) is 0 Å². The van der Waals surface area contributed by atoms with E-state index in [1.807, 2.05) is 36.4 Å². The molecule has 0 radical (unpaired) electrons. The van der Waals surface area contributed by atoms with E-state index in [2.05, 4.69) is 96.1 Å². The van der Waals surface area contributed by atoms with Gasteiger partial charge < -0.3 is 14.6 Å². The smallest absolute Gasteiger partial charge is 0.136 e. The van der Waals surface area contributed by atoms with Crippen LogP contribution in [0.3, 0.4) is 0 Å². The first-order valence-electron chi connectivity index (χ1n) is 14.7. The zero-order valence-electron chi connectivity index (χ0n) is 26.6. The number of rotatable bonds is 7. The highest BCUT2D eigenvalue weighted by atomic mass is 16.5. The molecule has 0 aromatic heterocycles. The summed E-state index contributed by atoms with van der Waals surface area (Å²) in [7, 11) is 0. The fraction of sp³-hybridized carbons (Fsp3) is 0.350. The molecule has 1 N–H and O–H groups in total. The van der Waals surface area contributed by atoms with E-state index in [4.69, 9.17) is 22.3 Å². The third-order valence-corrected chi connectivity index (χ3v) is 6.72. The van der Waals surface area contributed by atoms with Gasteiger partial charge in [-0.2, -0.15) is 0 Å². The van der Waals surface area contributed by atoms with Gasteiger partial charge in [-0.15, -0.1) is 12.8 Å². The van der Waals surface area contributed by atoms with Crippen molar-refractivity contribution in [1.29, 1.82) is 0 Å². The lowest BCUT2D eigenvalue weighted by Gasteiger charge is -2.19. The first-order chi connectivity index (χ1) is 20.4. The Balaban J connectivity index is 2.16. The van der Waals surface area contributed by atoms with Gasteiger partial charge in [-0.25, -0.2) is 0 Å². The number of aliphatic hydroxyl groups is 1. The number of aliphatic hydroxyl groups excluding tert-OH is 1. The van der Waals surface area contributed by atoms with Crippen LogP contribution < -0.4 is 9.47 Å². The second-order valence-corrected chi connectivity index (χ2v) is 12.5. The SMILES string of the molecule is C#Cc1cc(C#Cc2cc(OCCCO)c(C#Cc3cc(C#C)cc(C(C)(C)C)c3)cc2OCCC)cc(C(C)(C)C)c1. The van der Waals surface area contributed by atoms with E-state index < -0.39 is 0 Å². The van der Waals surface area contributed by atoms with E-state index in [0.29, 0.717) is 42.3 Å². The molecule has 0 amide bonds. The van der Waals surface area contributed by atoms with Gasteiger partial charge in [-0.3, -0.25) is 0 Å². The molecule has 0 fully saturated rings. The van der Waals surface area contributed by atoms with E-state index in [-0.39, 0.29) is 17.4 Å². The van der Waals surface area contributed by atoms with Gasteiger partial charge in [-0.1, -0.05) is 84.0 Å². The number of hydrogen-bond acceptors (Lipinski definition) is 3. The van der Waals surface area contributed by atoms with E-state index in [0.717, 1.165) is 39.8 Å². The molecule has 3 rings (SSSR count). The van der Waals surface area contributed by atoms with Crippen molar-refractivity contribution < 1.29 is 14.6 Å². The molecule has 0 bridgehead atoms. The molecule has 0 aliphatic carbocycles. The Morgan fingerprint density at radius 3 is 1.40 bits per heavy atom. The van der Waals surface area contributed by atoms with Crippen molar-refractivity contribution in [3.05, 3.63) is 93.0 Å². The first kappa shape index (κ1) is 33.0. The summed E-state index contributed by atoms with van der Waals surface area (Å²) < 4.78 is 12.2. The Bertz CT molecular complexity index is 1660. The molecule has 0 saturated carbocycles. The average Bonchev–Trinajstić information content (AvgIpc) is 2.97. The normalized spacial score (nSPS) is 10.8. The van der Waals surface area contributed by atoms with Crippen molar-refractivity contribution in [3.8, 4) is 59.9 Å². The molecule has 0 unspecified atom stereocenters. The summed E-state index contributed by atoms with van der Waals surface area (Å²) in [6.45, 7) is 15.9. The van der Waals surface area contributed by atoms with Crippen molar-refractivity contribution in [2.45, 2.75) is 72.1 Å². The van der Waals surface area contributed by atoms with Gasteiger partial charge >= 0.3 is 0 Å². The minimum atomic E-state index is -0.0727. The molecule has 0 saturated heterocycles. The van der Waals surface area contributed by atoms with Crippen molar-refractivity contribution in [3.63, 3.8) is 0 Å². The van der Waals surface area contributed by atoms with Crippen LogP contribution in [0.15, 0.2) is 48.5 Å². The summed E-state index contributed by atoms with van der Waals surface area (Å²) in [6.07, 6.45) is 12.8. The second-order valence-electron chi connectivity index (χ2n) is 12.5. The van der Waals surface area contributed by atoms with Crippen molar-refractivity contribution >= 4 is 0 Å². The van der Waals surface area contributed by atoms with E-state index in [1.54, 1.807) is 0 Å². The maximum atomic E-state index is 9.35. The van der Waals surface area contributed by atoms with E-state index >= 15 is 0 Å². The Morgan fingerprint density at radius 1 is 0.605 bits per heavy atom. The molecule has 3 aromatic carbocycles. The van der Waals surface area contributed by atoms with Gasteiger partial charge in [0.2, 0.25) is 0 Å². The fourth-order valence-electron chi connectivity index (χ4n) is 4.16. The summed E-state index contributed by atoms with van der Waals surface area (Å²) >= 11 is 0. The molecule has 0 spiro atoms. The largest absolute Gasteiger partial charge is 0.492 e. The first-order valence-corrected chi connectivity index (χ1v) is 14.7. The fourth-order valence-corrected chi connectivity index (χ4v) is 4.16. The molecular formula is C40H42O3. The third kappa shape index (κ3) is 9.49. The molecule has 43 heavy (non-hydrogen) atoms.